The van der Waals surface area contributed by atoms with Crippen molar-refractivity contribution >= 4 is 0 Å². The van der Waals surface area contributed by atoms with Gasteiger partial charge in [-0.05, 0) is 37.5 Å². The van der Waals surface area contributed by atoms with Gasteiger partial charge in [0.25, 0.3) is 0 Å². The van der Waals surface area contributed by atoms with E-state index in [1.165, 1.54) is 25.7 Å². The van der Waals surface area contributed by atoms with Gasteiger partial charge in [-0.3, -0.25) is 0 Å². The molecule has 2 nitrogen and oxygen atoms in total. The molecule has 0 aromatic rings. The second-order valence-corrected chi connectivity index (χ2v) is 4.07. The van der Waals surface area contributed by atoms with Gasteiger partial charge in [0.05, 0.1) is 6.07 Å². The smallest absolute Gasteiger partial charge is 0.107 e. The Morgan fingerprint density at radius 1 is 1.36 bits per heavy atom. The van der Waals surface area contributed by atoms with Crippen LogP contribution in [0.1, 0.15) is 32.1 Å². The molecule has 2 rings (SSSR count). The zero-order valence-electron chi connectivity index (χ0n) is 6.71. The van der Waals surface area contributed by atoms with Crippen LogP contribution in [0.15, 0.2) is 0 Å². The summed E-state index contributed by atoms with van der Waals surface area (Å²) in [5, 5.41) is 8.90. The van der Waals surface area contributed by atoms with E-state index in [0.29, 0.717) is 5.92 Å². The van der Waals surface area contributed by atoms with Gasteiger partial charge < -0.3 is 5.73 Å². The molecule has 0 spiro atoms. The number of hydrogen-bond donors (Lipinski definition) is 1. The lowest BCUT2D eigenvalue weighted by Crippen LogP contribution is -2.46. The molecule has 2 aliphatic rings. The Hall–Kier alpha value is -0.550. The molecule has 60 valence electrons. The molecule has 2 N–H and O–H groups in total. The van der Waals surface area contributed by atoms with E-state index in [1.807, 2.05) is 0 Å². The maximum atomic E-state index is 8.90. The van der Waals surface area contributed by atoms with E-state index in [4.69, 9.17) is 11.0 Å². The van der Waals surface area contributed by atoms with Crippen LogP contribution in [0.4, 0.5) is 0 Å². The monoisotopic (exact) mass is 150 g/mol. The van der Waals surface area contributed by atoms with Crippen LogP contribution in [0, 0.1) is 23.2 Å². The number of nitrogens with zero attached hydrogens (tertiary/aromatic N) is 1. The molecule has 0 amide bonds. The van der Waals surface area contributed by atoms with Gasteiger partial charge in [0.2, 0.25) is 0 Å². The highest BCUT2D eigenvalue weighted by Crippen LogP contribution is 2.45. The van der Waals surface area contributed by atoms with E-state index >= 15 is 0 Å². The van der Waals surface area contributed by atoms with Crippen molar-refractivity contribution < 1.29 is 0 Å². The Morgan fingerprint density at radius 2 is 2.18 bits per heavy atom. The molecule has 2 bridgehead atoms. The van der Waals surface area contributed by atoms with Crippen molar-refractivity contribution in [2.75, 3.05) is 0 Å². The van der Waals surface area contributed by atoms with Gasteiger partial charge in [0, 0.05) is 0 Å². The van der Waals surface area contributed by atoms with E-state index in [0.717, 1.165) is 12.3 Å². The Labute approximate surface area is 67.4 Å². The van der Waals surface area contributed by atoms with Crippen LogP contribution in [-0.4, -0.2) is 5.54 Å². The highest BCUT2D eigenvalue weighted by Gasteiger charge is 2.44. The number of fused-ring (bicyclic) bond motifs is 2. The molecule has 0 aliphatic heterocycles. The standard InChI is InChI=1S/C9H14N2/c10-6-9(11)4-3-7-1-2-8(9)5-7/h7-8H,1-5,11H2. The van der Waals surface area contributed by atoms with E-state index in [-0.39, 0.29) is 0 Å². The summed E-state index contributed by atoms with van der Waals surface area (Å²) in [7, 11) is 0. The second-order valence-electron chi connectivity index (χ2n) is 4.07. The summed E-state index contributed by atoms with van der Waals surface area (Å²) in [6.07, 6.45) is 5.82. The summed E-state index contributed by atoms with van der Waals surface area (Å²) in [6, 6.07) is 2.29. The van der Waals surface area contributed by atoms with Gasteiger partial charge in [-0.25, -0.2) is 0 Å². The first-order chi connectivity index (χ1) is 5.24. The molecule has 0 saturated heterocycles. The minimum atomic E-state index is -0.465. The first kappa shape index (κ1) is 7.12. The average Bonchev–Trinajstić information content (AvgIpc) is 2.44. The molecule has 0 aromatic carbocycles. The minimum Gasteiger partial charge on any atom is -0.313 e. The largest absolute Gasteiger partial charge is 0.313 e. The van der Waals surface area contributed by atoms with Crippen molar-refractivity contribution in [1.29, 1.82) is 5.26 Å². The lowest BCUT2D eigenvalue weighted by atomic mass is 9.75. The predicted octanol–water partition coefficient (Wildman–Crippen LogP) is 1.42. The topological polar surface area (TPSA) is 49.8 Å². The summed E-state index contributed by atoms with van der Waals surface area (Å²) in [4.78, 5) is 0. The molecule has 2 fully saturated rings. The fourth-order valence-corrected chi connectivity index (χ4v) is 2.60. The molecule has 11 heavy (non-hydrogen) atoms. The molecular weight excluding hydrogens is 136 g/mol. The third-order valence-corrected chi connectivity index (χ3v) is 3.44. The summed E-state index contributed by atoms with van der Waals surface area (Å²) >= 11 is 0. The van der Waals surface area contributed by atoms with Gasteiger partial charge in [-0.2, -0.15) is 5.26 Å². The third-order valence-electron chi connectivity index (χ3n) is 3.44. The van der Waals surface area contributed by atoms with E-state index in [2.05, 4.69) is 6.07 Å². The summed E-state index contributed by atoms with van der Waals surface area (Å²) in [5.74, 6) is 1.40. The van der Waals surface area contributed by atoms with Crippen molar-refractivity contribution in [2.45, 2.75) is 37.6 Å². The van der Waals surface area contributed by atoms with E-state index in [1.54, 1.807) is 0 Å². The predicted molar refractivity (Wildman–Crippen MR) is 42.6 cm³/mol. The van der Waals surface area contributed by atoms with Gasteiger partial charge in [-0.1, -0.05) is 6.42 Å². The van der Waals surface area contributed by atoms with E-state index < -0.39 is 5.54 Å². The fourth-order valence-electron chi connectivity index (χ4n) is 2.60. The van der Waals surface area contributed by atoms with Crippen molar-refractivity contribution in [1.82, 2.24) is 0 Å². The maximum absolute atomic E-state index is 8.90. The summed E-state index contributed by atoms with van der Waals surface area (Å²) in [5.41, 5.74) is 5.51. The quantitative estimate of drug-likeness (QED) is 0.567. The fraction of sp³-hybridized carbons (Fsp3) is 0.889. The van der Waals surface area contributed by atoms with Crippen molar-refractivity contribution in [3.63, 3.8) is 0 Å². The lowest BCUT2D eigenvalue weighted by Gasteiger charge is -2.32. The number of nitriles is 1. The van der Waals surface area contributed by atoms with Crippen LogP contribution in [0.5, 0.6) is 0 Å². The molecule has 0 aromatic heterocycles. The van der Waals surface area contributed by atoms with Gasteiger partial charge in [-0.15, -0.1) is 0 Å². The summed E-state index contributed by atoms with van der Waals surface area (Å²) in [6.45, 7) is 0. The Morgan fingerprint density at radius 3 is 2.91 bits per heavy atom. The van der Waals surface area contributed by atoms with Crippen LogP contribution < -0.4 is 5.73 Å². The Kier molecular flexibility index (Phi) is 1.43. The summed E-state index contributed by atoms with van der Waals surface area (Å²) < 4.78 is 0. The van der Waals surface area contributed by atoms with Crippen LogP contribution in [0.2, 0.25) is 0 Å². The van der Waals surface area contributed by atoms with Crippen molar-refractivity contribution in [2.24, 2.45) is 17.6 Å². The molecule has 0 radical (unpaired) electrons. The highest BCUT2D eigenvalue weighted by atomic mass is 14.8. The molecule has 2 saturated carbocycles. The molecule has 3 atom stereocenters. The maximum Gasteiger partial charge on any atom is 0.107 e. The van der Waals surface area contributed by atoms with Crippen LogP contribution in [0.3, 0.4) is 0 Å². The Balaban J connectivity index is 2.20. The number of rotatable bonds is 0. The highest BCUT2D eigenvalue weighted by molar-refractivity contribution is 5.13. The third kappa shape index (κ3) is 0.954. The zero-order chi connectivity index (χ0) is 7.90. The van der Waals surface area contributed by atoms with E-state index in [9.17, 15) is 0 Å². The Bertz CT molecular complexity index is 206. The average molecular weight is 150 g/mol. The zero-order valence-corrected chi connectivity index (χ0v) is 6.71. The molecule has 0 heterocycles. The first-order valence-electron chi connectivity index (χ1n) is 4.45. The van der Waals surface area contributed by atoms with Crippen LogP contribution in [0.25, 0.3) is 0 Å². The van der Waals surface area contributed by atoms with Crippen molar-refractivity contribution in [3.8, 4) is 6.07 Å². The number of nitrogens with two attached hydrogens (primary N) is 1. The molecule has 2 heteroatoms. The van der Waals surface area contributed by atoms with Gasteiger partial charge >= 0.3 is 0 Å². The minimum absolute atomic E-state index is 0.465. The number of hydrogen-bond acceptors (Lipinski definition) is 2. The lowest BCUT2D eigenvalue weighted by molar-refractivity contribution is 0.254. The molecule has 2 aliphatic carbocycles. The van der Waals surface area contributed by atoms with Crippen LogP contribution in [-0.2, 0) is 0 Å². The second kappa shape index (κ2) is 2.22. The normalized spacial score (nSPS) is 48.7. The SMILES string of the molecule is N#CC1(N)CCC2CCC1C2. The molecule has 3 unspecified atom stereocenters. The van der Waals surface area contributed by atoms with Gasteiger partial charge in [0.15, 0.2) is 0 Å². The van der Waals surface area contributed by atoms with Gasteiger partial charge in [0.1, 0.15) is 5.54 Å². The first-order valence-corrected chi connectivity index (χ1v) is 4.45. The molecular formula is C9H14N2. The van der Waals surface area contributed by atoms with Crippen molar-refractivity contribution in [3.05, 3.63) is 0 Å². The van der Waals surface area contributed by atoms with Crippen LogP contribution >= 0.6 is 0 Å².